The van der Waals surface area contributed by atoms with E-state index >= 15 is 0 Å². The van der Waals surface area contributed by atoms with Gasteiger partial charge in [-0.1, -0.05) is 70.4 Å². The van der Waals surface area contributed by atoms with Gasteiger partial charge in [0, 0.05) is 0 Å². The zero-order valence-corrected chi connectivity index (χ0v) is 18.4. The van der Waals surface area contributed by atoms with Crippen molar-refractivity contribution >= 4 is 5.91 Å². The molecule has 144 valence electrons. The second-order valence-corrected chi connectivity index (χ2v) is 7.74. The normalized spacial score (nSPS) is 11.7. The lowest BCUT2D eigenvalue weighted by Gasteiger charge is -2.20. The average molecular weight is 404 g/mol. The van der Waals surface area contributed by atoms with E-state index in [2.05, 4.69) is 19.1 Å². The molecule has 3 heteroatoms. The molecule has 0 saturated carbocycles. The summed E-state index contributed by atoms with van der Waals surface area (Å²) in [4.78, 5) is 11.8. The molecule has 0 aliphatic heterocycles. The van der Waals surface area contributed by atoms with Crippen LogP contribution in [0.15, 0.2) is 12.2 Å². The van der Waals surface area contributed by atoms with Crippen molar-refractivity contribution in [3.05, 3.63) is 12.2 Å². The van der Waals surface area contributed by atoms with Gasteiger partial charge in [0.1, 0.15) is 0 Å². The Bertz CT molecular complexity index is 307. The van der Waals surface area contributed by atoms with Gasteiger partial charge in [-0.25, -0.2) is 4.79 Å². The van der Waals surface area contributed by atoms with Crippen LogP contribution in [0, 0.1) is 0 Å². The van der Waals surface area contributed by atoms with Gasteiger partial charge in [0.15, 0.2) is 0 Å². The van der Waals surface area contributed by atoms with Gasteiger partial charge in [0.2, 0.25) is 0 Å². The van der Waals surface area contributed by atoms with Gasteiger partial charge < -0.3 is 17.0 Å². The van der Waals surface area contributed by atoms with Gasteiger partial charge >= 0.3 is 5.91 Å². The molecule has 0 N–H and O–H groups in total. The van der Waals surface area contributed by atoms with E-state index in [1.165, 1.54) is 77.0 Å². The predicted molar refractivity (Wildman–Crippen MR) is 102 cm³/mol. The summed E-state index contributed by atoms with van der Waals surface area (Å²) in [6, 6.07) is 0. The first-order valence-corrected chi connectivity index (χ1v) is 9.98. The Balaban J connectivity index is 0. The van der Waals surface area contributed by atoms with Crippen molar-refractivity contribution in [1.82, 2.24) is 0 Å². The van der Waals surface area contributed by atoms with Gasteiger partial charge in [-0.05, 0) is 32.1 Å². The fraction of sp³-hybridized carbons (Fsp3) is 0.857. The lowest BCUT2D eigenvalue weighted by atomic mass is 10.1. The van der Waals surface area contributed by atoms with Crippen molar-refractivity contribution in [2.24, 2.45) is 0 Å². The van der Waals surface area contributed by atoms with Crippen LogP contribution in [0.1, 0.15) is 96.8 Å². The minimum Gasteiger partial charge on any atom is -1.00 e. The van der Waals surface area contributed by atoms with E-state index < -0.39 is 0 Å². The monoisotopic (exact) mass is 403 g/mol. The molecule has 0 radical (unpaired) electrons. The molecule has 0 aromatic heterocycles. The van der Waals surface area contributed by atoms with Crippen molar-refractivity contribution < 1.29 is 26.3 Å². The largest absolute Gasteiger partial charge is 1.00 e. The van der Waals surface area contributed by atoms with Gasteiger partial charge in [-0.15, -0.1) is 0 Å². The third-order valence-electron chi connectivity index (χ3n) is 4.40. The van der Waals surface area contributed by atoms with Crippen molar-refractivity contribution in [2.45, 2.75) is 96.8 Å². The number of nitrogens with zero attached hydrogens (tertiary/aromatic N) is 1. The van der Waals surface area contributed by atoms with E-state index in [9.17, 15) is 4.79 Å². The highest BCUT2D eigenvalue weighted by molar-refractivity contribution is 5.68. The summed E-state index contributed by atoms with van der Waals surface area (Å²) >= 11 is 0. The van der Waals surface area contributed by atoms with Crippen LogP contribution in [-0.2, 0) is 4.79 Å². The van der Waals surface area contributed by atoms with Crippen LogP contribution in [-0.4, -0.2) is 31.5 Å². The highest BCUT2D eigenvalue weighted by Gasteiger charge is 2.18. The Morgan fingerprint density at radius 3 is 1.58 bits per heavy atom. The van der Waals surface area contributed by atoms with Gasteiger partial charge in [0.05, 0.1) is 27.6 Å². The first-order chi connectivity index (χ1) is 11.0. The third-order valence-corrected chi connectivity index (χ3v) is 4.40. The van der Waals surface area contributed by atoms with Crippen LogP contribution < -0.4 is 17.0 Å². The van der Waals surface area contributed by atoms with E-state index in [0.29, 0.717) is 10.4 Å². The molecule has 0 atom stereocenters. The molecular weight excluding hydrogens is 362 g/mol. The van der Waals surface area contributed by atoms with Crippen LogP contribution in [0.4, 0.5) is 0 Å². The smallest absolute Gasteiger partial charge is 0.313 e. The number of allylic oxidation sites excluding steroid dienone is 2. The van der Waals surface area contributed by atoms with E-state index in [1.54, 1.807) is 0 Å². The summed E-state index contributed by atoms with van der Waals surface area (Å²) in [6.45, 7) is 2.27. The second kappa shape index (κ2) is 17.7. The van der Waals surface area contributed by atoms with E-state index in [-0.39, 0.29) is 17.0 Å². The number of halogens is 1. The fourth-order valence-electron chi connectivity index (χ4n) is 2.68. The number of quaternary nitrogens is 1. The molecule has 0 bridgehead atoms. The van der Waals surface area contributed by atoms with Crippen molar-refractivity contribution in [1.29, 1.82) is 0 Å². The maximum absolute atomic E-state index is 11.8. The molecule has 2 nitrogen and oxygen atoms in total. The third kappa shape index (κ3) is 18.2. The van der Waals surface area contributed by atoms with E-state index in [0.717, 1.165) is 12.8 Å². The molecule has 0 spiro atoms. The second-order valence-electron chi connectivity index (χ2n) is 7.74. The maximum atomic E-state index is 11.8. The first-order valence-electron chi connectivity index (χ1n) is 9.98. The zero-order chi connectivity index (χ0) is 17.4. The summed E-state index contributed by atoms with van der Waals surface area (Å²) in [5, 5.41) is 0. The van der Waals surface area contributed by atoms with Crippen LogP contribution in [0.2, 0.25) is 0 Å². The van der Waals surface area contributed by atoms with Gasteiger partial charge in [-0.2, -0.15) is 0 Å². The number of rotatable bonds is 15. The number of unbranched alkanes of at least 4 members (excludes halogenated alkanes) is 11. The predicted octanol–water partition coefficient (Wildman–Crippen LogP) is 3.26. The summed E-state index contributed by atoms with van der Waals surface area (Å²) in [6.07, 6.45) is 22.4. The molecule has 0 rings (SSSR count). The van der Waals surface area contributed by atoms with Crippen molar-refractivity contribution in [3.8, 4) is 0 Å². The van der Waals surface area contributed by atoms with Gasteiger partial charge in [0.25, 0.3) is 0 Å². The Morgan fingerprint density at radius 1 is 0.708 bits per heavy atom. The molecule has 0 fully saturated rings. The van der Waals surface area contributed by atoms with E-state index in [4.69, 9.17) is 0 Å². The van der Waals surface area contributed by atoms with Crippen molar-refractivity contribution in [3.63, 3.8) is 0 Å². The number of amides is 1. The molecule has 24 heavy (non-hydrogen) atoms. The summed E-state index contributed by atoms with van der Waals surface area (Å²) in [5.74, 6) is 0.350. The SMILES string of the molecule is CCCCCCCCC=CCCCCCCCC(=O)[N+](C)(C)C.[Br-]. The van der Waals surface area contributed by atoms with Crippen molar-refractivity contribution in [2.75, 3.05) is 21.1 Å². The van der Waals surface area contributed by atoms with Crippen LogP contribution >= 0.6 is 0 Å². The highest BCUT2D eigenvalue weighted by Crippen LogP contribution is 2.11. The molecule has 0 aliphatic carbocycles. The lowest BCUT2D eigenvalue weighted by Crippen LogP contribution is -3.00. The fourth-order valence-corrected chi connectivity index (χ4v) is 2.68. The van der Waals surface area contributed by atoms with Crippen LogP contribution in [0.25, 0.3) is 0 Å². The molecule has 0 heterocycles. The zero-order valence-electron chi connectivity index (χ0n) is 16.8. The van der Waals surface area contributed by atoms with Crippen LogP contribution in [0.3, 0.4) is 0 Å². The average Bonchev–Trinajstić information content (AvgIpc) is 2.50. The number of hydrogen-bond acceptors (Lipinski definition) is 1. The topological polar surface area (TPSA) is 17.1 Å². The molecule has 0 aliphatic rings. The Morgan fingerprint density at radius 2 is 1.12 bits per heavy atom. The molecule has 0 aromatic rings. The Labute approximate surface area is 162 Å². The Kier molecular flexibility index (Phi) is 19.2. The summed E-state index contributed by atoms with van der Waals surface area (Å²) in [5.41, 5.74) is 0. The minimum absolute atomic E-state index is 0. The molecule has 0 aromatic carbocycles. The number of carbonyl (C=O) groups is 1. The summed E-state index contributed by atoms with van der Waals surface area (Å²) < 4.78 is 0.462. The lowest BCUT2D eigenvalue weighted by molar-refractivity contribution is -0.792. The molecule has 1 amide bonds. The minimum atomic E-state index is 0. The molecular formula is C21H42BrNO. The summed E-state index contributed by atoms with van der Waals surface area (Å²) in [7, 11) is 5.87. The number of carbonyl (C=O) groups excluding carboxylic acids is 1. The Hall–Kier alpha value is -0.150. The maximum Gasteiger partial charge on any atom is 0.313 e. The van der Waals surface area contributed by atoms with Crippen LogP contribution in [0.5, 0.6) is 0 Å². The highest BCUT2D eigenvalue weighted by atomic mass is 79.9. The van der Waals surface area contributed by atoms with E-state index in [1.807, 2.05) is 21.1 Å². The molecule has 0 saturated heterocycles. The number of hydrogen-bond donors (Lipinski definition) is 0. The quantitative estimate of drug-likeness (QED) is 0.233. The first kappa shape index (κ1) is 26.1. The molecule has 0 unspecified atom stereocenters. The standard InChI is InChI=1S/C21H42NO.BrH/c1-5-6-7-8-9-10-11-12-13-14-15-16-17-18-19-20-21(23)22(2,3)4;/h12-13H,5-11,14-20H2,1-4H3;1H/q+1;/p-1. The van der Waals surface area contributed by atoms with Gasteiger partial charge in [-0.3, -0.25) is 4.48 Å².